The van der Waals surface area contributed by atoms with Gasteiger partial charge in [0.05, 0.1) is 17.9 Å². The van der Waals surface area contributed by atoms with E-state index < -0.39 is 5.97 Å². The third-order valence-electron chi connectivity index (χ3n) is 2.78. The standard InChI is InChI=1S/C15H15NO3/c1-3-19-14-5-4-11(8-10(14)2)13-9-12(15(17)18)6-7-16-13/h4-9H,3H2,1-2H3,(H,17,18). The van der Waals surface area contributed by atoms with Gasteiger partial charge in [0.25, 0.3) is 0 Å². The average Bonchev–Trinajstić information content (AvgIpc) is 2.41. The number of nitrogens with zero attached hydrogens (tertiary/aromatic N) is 1. The summed E-state index contributed by atoms with van der Waals surface area (Å²) in [5.74, 6) is -0.119. The van der Waals surface area contributed by atoms with Crippen LogP contribution in [0.3, 0.4) is 0 Å². The molecule has 0 saturated carbocycles. The van der Waals surface area contributed by atoms with Crippen molar-refractivity contribution in [3.63, 3.8) is 0 Å². The summed E-state index contributed by atoms with van der Waals surface area (Å²) in [7, 11) is 0. The van der Waals surface area contributed by atoms with Gasteiger partial charge in [-0.3, -0.25) is 4.98 Å². The Labute approximate surface area is 111 Å². The predicted octanol–water partition coefficient (Wildman–Crippen LogP) is 3.15. The summed E-state index contributed by atoms with van der Waals surface area (Å²) >= 11 is 0. The molecule has 0 amide bonds. The third-order valence-corrected chi connectivity index (χ3v) is 2.78. The molecule has 2 rings (SSSR count). The van der Waals surface area contributed by atoms with Crippen molar-refractivity contribution >= 4 is 5.97 Å². The number of pyridine rings is 1. The second kappa shape index (κ2) is 5.52. The Bertz CT molecular complexity index is 608. The molecule has 0 bridgehead atoms. The summed E-state index contributed by atoms with van der Waals surface area (Å²) in [5.41, 5.74) is 2.76. The molecule has 0 aliphatic rings. The maximum atomic E-state index is 10.9. The van der Waals surface area contributed by atoms with Crippen molar-refractivity contribution in [2.75, 3.05) is 6.61 Å². The fraction of sp³-hybridized carbons (Fsp3) is 0.200. The van der Waals surface area contributed by atoms with Gasteiger partial charge >= 0.3 is 5.97 Å². The Hall–Kier alpha value is -2.36. The van der Waals surface area contributed by atoms with E-state index in [2.05, 4.69) is 4.98 Å². The molecule has 1 aromatic carbocycles. The van der Waals surface area contributed by atoms with E-state index in [4.69, 9.17) is 9.84 Å². The average molecular weight is 257 g/mol. The van der Waals surface area contributed by atoms with Gasteiger partial charge in [-0.05, 0) is 49.7 Å². The molecular formula is C15H15NO3. The van der Waals surface area contributed by atoms with Crippen molar-refractivity contribution in [2.24, 2.45) is 0 Å². The number of carboxylic acid groups (broad SMARTS) is 1. The Morgan fingerprint density at radius 1 is 1.32 bits per heavy atom. The number of ether oxygens (including phenoxy) is 1. The van der Waals surface area contributed by atoms with Crippen molar-refractivity contribution in [1.29, 1.82) is 0 Å². The highest BCUT2D eigenvalue weighted by atomic mass is 16.5. The Morgan fingerprint density at radius 3 is 2.74 bits per heavy atom. The van der Waals surface area contributed by atoms with Crippen molar-refractivity contribution < 1.29 is 14.6 Å². The maximum absolute atomic E-state index is 10.9. The molecule has 2 aromatic rings. The molecule has 0 atom stereocenters. The Kier molecular flexibility index (Phi) is 3.80. The molecule has 0 aliphatic carbocycles. The lowest BCUT2D eigenvalue weighted by Gasteiger charge is -2.09. The molecule has 0 radical (unpaired) electrons. The number of aryl methyl sites for hydroxylation is 1. The molecule has 1 N–H and O–H groups in total. The molecule has 98 valence electrons. The largest absolute Gasteiger partial charge is 0.494 e. The summed E-state index contributed by atoms with van der Waals surface area (Å²) < 4.78 is 5.47. The van der Waals surface area contributed by atoms with Gasteiger partial charge in [0.15, 0.2) is 0 Å². The van der Waals surface area contributed by atoms with Crippen molar-refractivity contribution in [3.05, 3.63) is 47.7 Å². The van der Waals surface area contributed by atoms with E-state index in [1.165, 1.54) is 12.3 Å². The lowest BCUT2D eigenvalue weighted by molar-refractivity contribution is 0.0697. The van der Waals surface area contributed by atoms with Crippen molar-refractivity contribution in [1.82, 2.24) is 4.98 Å². The second-order valence-corrected chi connectivity index (χ2v) is 4.15. The predicted molar refractivity (Wildman–Crippen MR) is 72.5 cm³/mol. The van der Waals surface area contributed by atoms with Crippen molar-refractivity contribution in [3.8, 4) is 17.0 Å². The first-order chi connectivity index (χ1) is 9.11. The Balaban J connectivity index is 2.39. The highest BCUT2D eigenvalue weighted by molar-refractivity contribution is 5.88. The summed E-state index contributed by atoms with van der Waals surface area (Å²) in [6.45, 7) is 4.51. The number of aromatic carboxylic acids is 1. The topological polar surface area (TPSA) is 59.4 Å². The number of carboxylic acids is 1. The van der Waals surface area contributed by atoms with Crippen LogP contribution in [0.25, 0.3) is 11.3 Å². The first-order valence-corrected chi connectivity index (χ1v) is 6.05. The highest BCUT2D eigenvalue weighted by Gasteiger charge is 2.07. The number of rotatable bonds is 4. The Morgan fingerprint density at radius 2 is 2.11 bits per heavy atom. The monoisotopic (exact) mass is 257 g/mol. The quantitative estimate of drug-likeness (QED) is 0.914. The minimum absolute atomic E-state index is 0.233. The number of benzene rings is 1. The number of aromatic nitrogens is 1. The molecular weight excluding hydrogens is 242 g/mol. The zero-order valence-corrected chi connectivity index (χ0v) is 10.9. The molecule has 1 aromatic heterocycles. The van der Waals surface area contributed by atoms with Crippen LogP contribution in [0.4, 0.5) is 0 Å². The van der Waals surface area contributed by atoms with Gasteiger partial charge in [-0.25, -0.2) is 4.79 Å². The highest BCUT2D eigenvalue weighted by Crippen LogP contribution is 2.25. The van der Waals surface area contributed by atoms with Gasteiger partial charge in [-0.15, -0.1) is 0 Å². The van der Waals surface area contributed by atoms with Crippen LogP contribution >= 0.6 is 0 Å². The fourth-order valence-corrected chi connectivity index (χ4v) is 1.85. The van der Waals surface area contributed by atoms with Gasteiger partial charge < -0.3 is 9.84 Å². The zero-order chi connectivity index (χ0) is 13.8. The number of hydrogen-bond acceptors (Lipinski definition) is 3. The zero-order valence-electron chi connectivity index (χ0n) is 10.9. The second-order valence-electron chi connectivity index (χ2n) is 4.15. The lowest BCUT2D eigenvalue weighted by atomic mass is 10.1. The molecule has 19 heavy (non-hydrogen) atoms. The summed E-state index contributed by atoms with van der Waals surface area (Å²) in [6, 6.07) is 8.75. The van der Waals surface area contributed by atoms with Crippen molar-refractivity contribution in [2.45, 2.75) is 13.8 Å². The van der Waals surface area contributed by atoms with E-state index in [1.54, 1.807) is 6.07 Å². The van der Waals surface area contributed by atoms with E-state index in [1.807, 2.05) is 32.0 Å². The van der Waals surface area contributed by atoms with Crippen LogP contribution in [-0.2, 0) is 0 Å². The van der Waals surface area contributed by atoms with Crippen LogP contribution in [0.15, 0.2) is 36.5 Å². The smallest absolute Gasteiger partial charge is 0.335 e. The van der Waals surface area contributed by atoms with E-state index in [0.717, 1.165) is 16.9 Å². The van der Waals surface area contributed by atoms with E-state index in [-0.39, 0.29) is 5.56 Å². The first kappa shape index (κ1) is 13.1. The fourth-order valence-electron chi connectivity index (χ4n) is 1.85. The van der Waals surface area contributed by atoms with E-state index in [0.29, 0.717) is 12.3 Å². The molecule has 0 spiro atoms. The first-order valence-electron chi connectivity index (χ1n) is 6.05. The van der Waals surface area contributed by atoms with Crippen LogP contribution in [0.1, 0.15) is 22.8 Å². The minimum Gasteiger partial charge on any atom is -0.494 e. The van der Waals surface area contributed by atoms with Crippen LogP contribution in [0, 0.1) is 6.92 Å². The van der Waals surface area contributed by atoms with Crippen LogP contribution in [0.5, 0.6) is 5.75 Å². The van der Waals surface area contributed by atoms with Gasteiger partial charge in [-0.1, -0.05) is 0 Å². The molecule has 1 heterocycles. The molecule has 0 fully saturated rings. The summed E-state index contributed by atoms with van der Waals surface area (Å²) in [5, 5.41) is 8.98. The van der Waals surface area contributed by atoms with Crippen LogP contribution in [0.2, 0.25) is 0 Å². The summed E-state index contributed by atoms with van der Waals surface area (Å²) in [6.07, 6.45) is 1.50. The van der Waals surface area contributed by atoms with Crippen LogP contribution in [-0.4, -0.2) is 22.7 Å². The molecule has 0 saturated heterocycles. The minimum atomic E-state index is -0.952. The molecule has 4 heteroatoms. The maximum Gasteiger partial charge on any atom is 0.335 e. The van der Waals surface area contributed by atoms with Gasteiger partial charge in [0, 0.05) is 11.8 Å². The third kappa shape index (κ3) is 2.91. The summed E-state index contributed by atoms with van der Waals surface area (Å²) in [4.78, 5) is 15.1. The number of carbonyl (C=O) groups is 1. The van der Waals surface area contributed by atoms with Gasteiger partial charge in [0.2, 0.25) is 0 Å². The normalized spacial score (nSPS) is 10.2. The SMILES string of the molecule is CCOc1ccc(-c2cc(C(=O)O)ccn2)cc1C. The van der Waals surface area contributed by atoms with Gasteiger partial charge in [-0.2, -0.15) is 0 Å². The van der Waals surface area contributed by atoms with E-state index in [9.17, 15) is 4.79 Å². The lowest BCUT2D eigenvalue weighted by Crippen LogP contribution is -1.98. The van der Waals surface area contributed by atoms with Gasteiger partial charge in [0.1, 0.15) is 5.75 Å². The molecule has 0 unspecified atom stereocenters. The molecule has 4 nitrogen and oxygen atoms in total. The van der Waals surface area contributed by atoms with Crippen LogP contribution < -0.4 is 4.74 Å². The number of hydrogen-bond donors (Lipinski definition) is 1. The van der Waals surface area contributed by atoms with E-state index >= 15 is 0 Å². The molecule has 0 aliphatic heterocycles.